The Morgan fingerprint density at radius 1 is 1.53 bits per heavy atom. The van der Waals surface area contributed by atoms with Gasteiger partial charge < -0.3 is 15.4 Å². The molecular formula is C12H25ClN2O2. The summed E-state index contributed by atoms with van der Waals surface area (Å²) >= 11 is 0. The van der Waals surface area contributed by atoms with Crippen LogP contribution in [0.15, 0.2) is 0 Å². The monoisotopic (exact) mass is 264 g/mol. The Kier molecular flexibility index (Phi) is 6.45. The molecule has 0 aromatic heterocycles. The summed E-state index contributed by atoms with van der Waals surface area (Å²) in [6.45, 7) is 8.30. The third-order valence-corrected chi connectivity index (χ3v) is 3.13. The minimum atomic E-state index is -0.431. The third kappa shape index (κ3) is 4.82. The molecule has 4 nitrogen and oxygen atoms in total. The summed E-state index contributed by atoms with van der Waals surface area (Å²) in [7, 11) is 1.83. The van der Waals surface area contributed by atoms with Crippen LogP contribution < -0.4 is 5.73 Å². The normalized spacial score (nSPS) is 21.8. The number of ether oxygens (including phenoxy) is 1. The van der Waals surface area contributed by atoms with Gasteiger partial charge >= 0.3 is 0 Å². The van der Waals surface area contributed by atoms with E-state index in [1.54, 1.807) is 4.90 Å². The van der Waals surface area contributed by atoms with E-state index in [2.05, 4.69) is 0 Å². The van der Waals surface area contributed by atoms with Crippen LogP contribution in [0.5, 0.6) is 0 Å². The molecule has 0 spiro atoms. The zero-order valence-electron chi connectivity index (χ0n) is 11.2. The van der Waals surface area contributed by atoms with E-state index in [0.717, 1.165) is 26.2 Å². The van der Waals surface area contributed by atoms with Gasteiger partial charge in [-0.25, -0.2) is 0 Å². The highest BCUT2D eigenvalue weighted by Crippen LogP contribution is 2.20. The topological polar surface area (TPSA) is 55.6 Å². The summed E-state index contributed by atoms with van der Waals surface area (Å²) in [4.78, 5) is 13.8. The molecule has 1 amide bonds. The minimum absolute atomic E-state index is 0. The van der Waals surface area contributed by atoms with E-state index in [1.165, 1.54) is 0 Å². The van der Waals surface area contributed by atoms with Crippen molar-refractivity contribution in [3.05, 3.63) is 0 Å². The Morgan fingerprint density at radius 3 is 2.53 bits per heavy atom. The van der Waals surface area contributed by atoms with Crippen molar-refractivity contribution in [3.63, 3.8) is 0 Å². The second-order valence-electron chi connectivity index (χ2n) is 5.79. The molecule has 1 saturated heterocycles. The van der Waals surface area contributed by atoms with Crippen LogP contribution in [-0.4, -0.2) is 43.7 Å². The van der Waals surface area contributed by atoms with Gasteiger partial charge in [0.1, 0.15) is 0 Å². The van der Waals surface area contributed by atoms with Crippen molar-refractivity contribution >= 4 is 18.3 Å². The summed E-state index contributed by atoms with van der Waals surface area (Å²) in [6.07, 6.45) is 1.04. The van der Waals surface area contributed by atoms with Gasteiger partial charge in [-0.15, -0.1) is 12.4 Å². The smallest absolute Gasteiger partial charge is 0.239 e. The van der Waals surface area contributed by atoms with Crippen molar-refractivity contribution in [2.45, 2.75) is 33.2 Å². The average molecular weight is 265 g/mol. The quantitative estimate of drug-likeness (QED) is 0.835. The maximum atomic E-state index is 12.0. The zero-order chi connectivity index (χ0) is 12.3. The van der Waals surface area contributed by atoms with Crippen LogP contribution >= 0.6 is 12.4 Å². The van der Waals surface area contributed by atoms with E-state index in [9.17, 15) is 4.79 Å². The fraction of sp³-hybridized carbons (Fsp3) is 0.917. The van der Waals surface area contributed by atoms with Crippen molar-refractivity contribution in [2.75, 3.05) is 26.8 Å². The number of halogens is 1. The summed E-state index contributed by atoms with van der Waals surface area (Å²) in [5.74, 6) is 0.500. The van der Waals surface area contributed by atoms with Crippen LogP contribution in [0.1, 0.15) is 27.2 Å². The largest absolute Gasteiger partial charge is 0.381 e. The predicted octanol–water partition coefficient (Wildman–Crippen LogP) is 1.28. The average Bonchev–Trinajstić information content (AvgIpc) is 2.66. The van der Waals surface area contributed by atoms with Crippen LogP contribution in [0.2, 0.25) is 0 Å². The van der Waals surface area contributed by atoms with Crippen LogP contribution in [0.25, 0.3) is 0 Å². The number of carbonyl (C=O) groups is 1. The van der Waals surface area contributed by atoms with Gasteiger partial charge in [-0.2, -0.15) is 0 Å². The maximum Gasteiger partial charge on any atom is 0.239 e. The lowest BCUT2D eigenvalue weighted by atomic mass is 9.86. The number of likely N-dealkylation sites (N-methyl/N-ethyl adjacent to an activating group) is 1. The van der Waals surface area contributed by atoms with E-state index in [-0.39, 0.29) is 23.7 Å². The van der Waals surface area contributed by atoms with Gasteiger partial charge in [0.05, 0.1) is 12.6 Å². The van der Waals surface area contributed by atoms with E-state index < -0.39 is 6.04 Å². The third-order valence-electron chi connectivity index (χ3n) is 3.13. The van der Waals surface area contributed by atoms with Gasteiger partial charge in [-0.3, -0.25) is 4.79 Å². The van der Waals surface area contributed by atoms with Crippen LogP contribution in [0.3, 0.4) is 0 Å². The Hall–Kier alpha value is -0.320. The van der Waals surface area contributed by atoms with Gasteiger partial charge in [0, 0.05) is 26.1 Å². The Bertz CT molecular complexity index is 247. The van der Waals surface area contributed by atoms with Crippen LogP contribution in [0, 0.1) is 11.3 Å². The van der Waals surface area contributed by atoms with E-state index in [1.807, 2.05) is 27.8 Å². The molecule has 1 aliphatic rings. The minimum Gasteiger partial charge on any atom is -0.381 e. The van der Waals surface area contributed by atoms with Gasteiger partial charge in [0.2, 0.25) is 5.91 Å². The standard InChI is InChI=1S/C12H24N2O2.ClH/c1-12(2,3)10(13)11(15)14(4)7-9-5-6-16-8-9;/h9-10H,5-8,13H2,1-4H3;1H/t9?,10-;/m1./s1. The maximum absolute atomic E-state index is 12.0. The Labute approximate surface area is 110 Å². The highest BCUT2D eigenvalue weighted by atomic mass is 35.5. The molecule has 0 aromatic carbocycles. The van der Waals surface area contributed by atoms with Gasteiger partial charge in [0.15, 0.2) is 0 Å². The first-order valence-electron chi connectivity index (χ1n) is 5.90. The summed E-state index contributed by atoms with van der Waals surface area (Å²) in [5.41, 5.74) is 5.76. The molecule has 1 rings (SSSR count). The fourth-order valence-corrected chi connectivity index (χ4v) is 1.81. The first kappa shape index (κ1) is 16.7. The second kappa shape index (κ2) is 6.57. The number of rotatable bonds is 3. The lowest BCUT2D eigenvalue weighted by molar-refractivity contribution is -0.134. The SMILES string of the molecule is CN(CC1CCOC1)C(=O)[C@@H](N)C(C)(C)C.Cl. The number of amides is 1. The molecular weight excluding hydrogens is 240 g/mol. The predicted molar refractivity (Wildman–Crippen MR) is 71.2 cm³/mol. The zero-order valence-corrected chi connectivity index (χ0v) is 12.0. The fourth-order valence-electron chi connectivity index (χ4n) is 1.81. The molecule has 0 bridgehead atoms. The molecule has 2 N–H and O–H groups in total. The number of hydrogen-bond donors (Lipinski definition) is 1. The highest BCUT2D eigenvalue weighted by molar-refractivity contribution is 5.85. The molecule has 2 atom stereocenters. The van der Waals surface area contributed by atoms with Crippen molar-refractivity contribution in [2.24, 2.45) is 17.1 Å². The molecule has 1 aliphatic heterocycles. The highest BCUT2D eigenvalue weighted by Gasteiger charge is 2.30. The number of hydrogen-bond acceptors (Lipinski definition) is 3. The lowest BCUT2D eigenvalue weighted by Gasteiger charge is -2.31. The molecule has 0 aliphatic carbocycles. The molecule has 5 heteroatoms. The summed E-state index contributed by atoms with van der Waals surface area (Å²) in [6, 6.07) is -0.431. The van der Waals surface area contributed by atoms with Crippen LogP contribution in [0.4, 0.5) is 0 Å². The number of nitrogens with zero attached hydrogens (tertiary/aromatic N) is 1. The molecule has 0 aromatic rings. The van der Waals surface area contributed by atoms with Crippen LogP contribution in [-0.2, 0) is 9.53 Å². The van der Waals surface area contributed by atoms with Crippen molar-refractivity contribution in [1.82, 2.24) is 4.90 Å². The Balaban J connectivity index is 0.00000256. The molecule has 1 heterocycles. The van der Waals surface area contributed by atoms with E-state index in [0.29, 0.717) is 5.92 Å². The van der Waals surface area contributed by atoms with Gasteiger partial charge in [-0.1, -0.05) is 20.8 Å². The molecule has 0 saturated carbocycles. The summed E-state index contributed by atoms with van der Waals surface area (Å²) in [5, 5.41) is 0. The number of nitrogens with two attached hydrogens (primary N) is 1. The lowest BCUT2D eigenvalue weighted by Crippen LogP contribution is -2.50. The molecule has 17 heavy (non-hydrogen) atoms. The second-order valence-corrected chi connectivity index (χ2v) is 5.79. The van der Waals surface area contributed by atoms with Gasteiger partial charge in [0.25, 0.3) is 0 Å². The van der Waals surface area contributed by atoms with Crippen molar-refractivity contribution in [1.29, 1.82) is 0 Å². The molecule has 0 radical (unpaired) electrons. The first-order chi connectivity index (χ1) is 7.32. The first-order valence-corrected chi connectivity index (χ1v) is 5.90. The van der Waals surface area contributed by atoms with Crippen molar-refractivity contribution in [3.8, 4) is 0 Å². The van der Waals surface area contributed by atoms with E-state index >= 15 is 0 Å². The molecule has 1 unspecified atom stereocenters. The number of carbonyl (C=O) groups excluding carboxylic acids is 1. The van der Waals surface area contributed by atoms with E-state index in [4.69, 9.17) is 10.5 Å². The summed E-state index contributed by atoms with van der Waals surface area (Å²) < 4.78 is 5.30. The molecule has 102 valence electrons. The molecule has 1 fully saturated rings. The van der Waals surface area contributed by atoms with Crippen molar-refractivity contribution < 1.29 is 9.53 Å². The van der Waals surface area contributed by atoms with Gasteiger partial charge in [-0.05, 0) is 11.8 Å². The Morgan fingerprint density at radius 2 is 2.12 bits per heavy atom.